The molecule has 0 saturated carbocycles. The van der Waals surface area contributed by atoms with Gasteiger partial charge in [-0.25, -0.2) is 31.4 Å². The van der Waals surface area contributed by atoms with Crippen LogP contribution in [0.25, 0.3) is 27.7 Å². The Morgan fingerprint density at radius 1 is 0.744 bits per heavy atom. The molecule has 4 amide bonds. The highest BCUT2D eigenvalue weighted by atomic mass is 32.2. The molecule has 7 atom stereocenters. The number of allylic oxidation sites excluding steroid dienone is 4. The second-order valence-corrected chi connectivity index (χ2v) is 26.5. The van der Waals surface area contributed by atoms with Crippen molar-refractivity contribution in [2.75, 3.05) is 76.6 Å². The largest absolute Gasteiger partial charge is 0.453 e. The van der Waals surface area contributed by atoms with E-state index in [1.165, 1.54) is 51.4 Å². The standard InChI is InChI=1S/C56H74N10O10S2/c1-32(2)49(59-54(69)75-7)52(67)65-23-21-63(77(9,71)72)30-47(65)51-57-43-19-16-39(28-45(43)58-51)42-26-35-11-14-37-15-12-36(25-34(5)40(42)18-13-35)27-41(37)38-17-20-44-46(29-38)62-56(6,61-44)48-31-64(78(10,73)74)22-24-66(48)53(68)50(33(3)4)60-55(70)76-8/h12-13,15-20,26,28-29,32-34,36,47-50,61-62H,11,14,21-25,27,30-31H2,1-10H3,(H,57,58)(H,59,69)(H,60,70)/t34-,36+,47+,48+,49+,50+,56?/m1/s1. The lowest BCUT2D eigenvalue weighted by Gasteiger charge is -2.48. The molecule has 78 heavy (non-hydrogen) atoms. The van der Waals surface area contributed by atoms with Crippen LogP contribution in [-0.2, 0) is 45.5 Å². The van der Waals surface area contributed by atoms with Crippen LogP contribution in [0.15, 0.2) is 72.3 Å². The van der Waals surface area contributed by atoms with Gasteiger partial charge in [0.2, 0.25) is 31.9 Å². The van der Waals surface area contributed by atoms with Crippen molar-refractivity contribution in [1.82, 2.24) is 39.0 Å². The summed E-state index contributed by atoms with van der Waals surface area (Å²) >= 11 is 0. The molecule has 20 nitrogen and oxygen atoms in total. The van der Waals surface area contributed by atoms with Gasteiger partial charge in [0.15, 0.2) is 0 Å². The molecule has 2 fully saturated rings. The van der Waals surface area contributed by atoms with Crippen LogP contribution in [0.5, 0.6) is 0 Å². The first-order valence-corrected chi connectivity index (χ1v) is 30.5. The van der Waals surface area contributed by atoms with Gasteiger partial charge in [0.05, 0.1) is 55.2 Å². The van der Waals surface area contributed by atoms with Crippen LogP contribution >= 0.6 is 0 Å². The van der Waals surface area contributed by atoms with Gasteiger partial charge in [0.1, 0.15) is 29.6 Å². The minimum absolute atomic E-state index is 0.00668. The number of nitrogens with zero attached hydrogens (tertiary/aromatic N) is 5. The van der Waals surface area contributed by atoms with Crippen molar-refractivity contribution in [1.29, 1.82) is 0 Å². The van der Waals surface area contributed by atoms with Gasteiger partial charge in [0.25, 0.3) is 0 Å². The summed E-state index contributed by atoms with van der Waals surface area (Å²) in [6.45, 7) is 12.1. The van der Waals surface area contributed by atoms with Crippen molar-refractivity contribution in [3.8, 4) is 11.1 Å². The molecule has 2 saturated heterocycles. The van der Waals surface area contributed by atoms with Crippen LogP contribution in [0.3, 0.4) is 0 Å². The van der Waals surface area contributed by atoms with Crippen LogP contribution < -0.4 is 21.3 Å². The quantitative estimate of drug-likeness (QED) is 0.100. The number of aromatic amines is 1. The summed E-state index contributed by atoms with van der Waals surface area (Å²) in [4.78, 5) is 65.0. The molecule has 5 N–H and O–H groups in total. The average Bonchev–Trinajstić information content (AvgIpc) is 4.05. The van der Waals surface area contributed by atoms with Crippen LogP contribution in [-0.4, -0.2) is 159 Å². The zero-order chi connectivity index (χ0) is 56.2. The van der Waals surface area contributed by atoms with Crippen molar-refractivity contribution in [3.05, 3.63) is 94.8 Å². The topological polar surface area (TPSA) is 245 Å². The van der Waals surface area contributed by atoms with E-state index in [0.29, 0.717) is 11.3 Å². The van der Waals surface area contributed by atoms with Gasteiger partial charge in [-0.3, -0.25) is 9.59 Å². The average molecular weight is 1110 g/mol. The number of imidazole rings is 1. The molecule has 1 unspecified atom stereocenters. The van der Waals surface area contributed by atoms with E-state index in [1.807, 2.05) is 40.7 Å². The lowest BCUT2D eigenvalue weighted by atomic mass is 9.77. The molecule has 4 bridgehead atoms. The first-order chi connectivity index (χ1) is 36.8. The normalized spacial score (nSPS) is 23.8. The number of ether oxygens (including phenoxy) is 2. The van der Waals surface area contributed by atoms with Gasteiger partial charge in [-0.05, 0) is 120 Å². The Morgan fingerprint density at radius 2 is 1.36 bits per heavy atom. The number of alkyl carbamates (subject to hydrolysis) is 2. The number of carbonyl (C=O) groups is 4. The van der Waals surface area contributed by atoms with E-state index in [2.05, 4.69) is 93.9 Å². The Balaban J connectivity index is 0.983. The Morgan fingerprint density at radius 3 is 2.00 bits per heavy atom. The first-order valence-electron chi connectivity index (χ1n) is 26.8. The summed E-state index contributed by atoms with van der Waals surface area (Å²) in [6, 6.07) is 16.0. The fraction of sp³-hybridized carbons (Fsp3) is 0.518. The fourth-order valence-corrected chi connectivity index (χ4v) is 13.6. The summed E-state index contributed by atoms with van der Waals surface area (Å²) in [5.41, 5.74) is 10.2. The van der Waals surface area contributed by atoms with Gasteiger partial charge < -0.3 is 45.5 Å². The third-order valence-electron chi connectivity index (χ3n) is 16.3. The maximum Gasteiger partial charge on any atom is 0.407 e. The number of aromatic nitrogens is 2. The number of methoxy groups -OCH3 is 2. The van der Waals surface area contributed by atoms with Crippen LogP contribution in [0.1, 0.15) is 95.3 Å². The Hall–Kier alpha value is -6.49. The molecule has 5 aliphatic carbocycles. The number of piperazine rings is 2. The predicted molar refractivity (Wildman–Crippen MR) is 300 cm³/mol. The SMILES string of the molecule is COC(=O)N[C@H](C(=O)N1CCN(S(C)(=O)=O)C[C@H]1C1(C)Nc2ccc(C3=C4C=C[C@H](C3)C[C@@H](C)c3ccc(cc3-c3ccc5nc([C@@H]6CN(S(C)(=O)=O)CCN6C(=O)[C@@H](NC(=O)OC)C(C)C)[nH]c5c3)CC4)cc2N1)C(C)C. The minimum atomic E-state index is -3.60. The van der Waals surface area contributed by atoms with E-state index in [0.717, 1.165) is 65.5 Å². The van der Waals surface area contributed by atoms with Crippen LogP contribution in [0, 0.1) is 17.8 Å². The van der Waals surface area contributed by atoms with E-state index in [4.69, 9.17) is 14.5 Å². The number of fused-ring (bicyclic) bond motifs is 2. The maximum absolute atomic E-state index is 14.4. The number of hydrogen-bond donors (Lipinski definition) is 5. The van der Waals surface area contributed by atoms with E-state index in [-0.39, 0.29) is 74.8 Å². The molecule has 4 aromatic rings. The van der Waals surface area contributed by atoms with Crippen molar-refractivity contribution in [2.24, 2.45) is 17.8 Å². The highest BCUT2D eigenvalue weighted by Crippen LogP contribution is 2.45. The zero-order valence-corrected chi connectivity index (χ0v) is 47.8. The number of nitrogens with one attached hydrogen (secondary N) is 5. The van der Waals surface area contributed by atoms with Gasteiger partial charge in [-0.15, -0.1) is 0 Å². The number of amides is 4. The molecule has 4 heterocycles. The summed E-state index contributed by atoms with van der Waals surface area (Å²) < 4.78 is 64.2. The van der Waals surface area contributed by atoms with Gasteiger partial charge in [-0.2, -0.15) is 8.61 Å². The number of sulfonamides is 2. The molecule has 3 aromatic carbocycles. The molecular weight excluding hydrogens is 1040 g/mol. The number of carbonyl (C=O) groups excluding carboxylic acids is 4. The van der Waals surface area contributed by atoms with E-state index in [9.17, 15) is 36.0 Å². The van der Waals surface area contributed by atoms with Crippen LogP contribution in [0.4, 0.5) is 21.0 Å². The van der Waals surface area contributed by atoms with Gasteiger partial charge in [-0.1, -0.05) is 77.1 Å². The molecule has 22 heteroatoms. The Bertz CT molecular complexity index is 3300. The fourth-order valence-electron chi connectivity index (χ4n) is 12.0. The molecule has 8 aliphatic rings. The molecule has 420 valence electrons. The smallest absolute Gasteiger partial charge is 0.407 e. The third kappa shape index (κ3) is 11.5. The number of anilines is 2. The van der Waals surface area contributed by atoms with E-state index in [1.54, 1.807) is 9.80 Å². The summed E-state index contributed by atoms with van der Waals surface area (Å²) in [7, 11) is -4.72. The van der Waals surface area contributed by atoms with Gasteiger partial charge >= 0.3 is 12.2 Å². The molecule has 0 spiro atoms. The molecule has 1 aromatic heterocycles. The first kappa shape index (κ1) is 56.2. The number of H-pyrrole nitrogens is 1. The third-order valence-corrected chi connectivity index (χ3v) is 18.9. The summed E-state index contributed by atoms with van der Waals surface area (Å²) in [5.74, 6) is -0.387. The zero-order valence-electron chi connectivity index (χ0n) is 46.2. The van der Waals surface area contributed by atoms with Crippen molar-refractivity contribution in [3.63, 3.8) is 0 Å². The summed E-state index contributed by atoms with van der Waals surface area (Å²) in [6.07, 6.45) is 8.83. The number of hydrogen-bond acceptors (Lipinski definition) is 13. The Kier molecular flexibility index (Phi) is 15.8. The van der Waals surface area contributed by atoms with Crippen LogP contribution in [0.2, 0.25) is 0 Å². The monoisotopic (exact) mass is 1110 g/mol. The molecular formula is C56H74N10O10S2. The van der Waals surface area contributed by atoms with Gasteiger partial charge in [0, 0.05) is 39.3 Å². The second-order valence-electron chi connectivity index (χ2n) is 22.5. The van der Waals surface area contributed by atoms with Crippen molar-refractivity contribution >= 4 is 72.0 Å². The van der Waals surface area contributed by atoms with Crippen molar-refractivity contribution in [2.45, 2.75) is 103 Å². The van der Waals surface area contributed by atoms with E-state index >= 15 is 0 Å². The number of aryl methyl sites for hydroxylation is 1. The highest BCUT2D eigenvalue weighted by molar-refractivity contribution is 7.88. The molecule has 12 rings (SSSR count). The lowest BCUT2D eigenvalue weighted by Crippen LogP contribution is -2.69. The Labute approximate surface area is 457 Å². The number of benzene rings is 3. The molecule has 0 radical (unpaired) electrons. The van der Waals surface area contributed by atoms with E-state index < -0.39 is 62.1 Å². The minimum Gasteiger partial charge on any atom is -0.453 e. The highest BCUT2D eigenvalue weighted by Gasteiger charge is 2.49. The number of rotatable bonds is 12. The molecule has 3 aliphatic heterocycles. The van der Waals surface area contributed by atoms with Crippen molar-refractivity contribution < 1.29 is 45.5 Å². The predicted octanol–water partition coefficient (Wildman–Crippen LogP) is 6.63. The maximum atomic E-state index is 14.4. The summed E-state index contributed by atoms with van der Waals surface area (Å²) in [5, 5.41) is 12.7. The second kappa shape index (κ2) is 22.0. The lowest BCUT2D eigenvalue weighted by molar-refractivity contribution is -0.140.